The molecule has 1 aliphatic carbocycles. The molecule has 0 saturated heterocycles. The molecule has 1 amide bonds. The first-order chi connectivity index (χ1) is 10.6. The largest absolute Gasteiger partial charge is 0.343 e. The van der Waals surface area contributed by atoms with E-state index in [1.807, 2.05) is 25.1 Å². The summed E-state index contributed by atoms with van der Waals surface area (Å²) in [6.45, 7) is 1.93. The van der Waals surface area contributed by atoms with Crippen LogP contribution in [0.4, 0.5) is 0 Å². The molecule has 5 heteroatoms. The van der Waals surface area contributed by atoms with Crippen LogP contribution in [-0.2, 0) is 7.05 Å². The van der Waals surface area contributed by atoms with Crippen LogP contribution in [0.5, 0.6) is 0 Å². The molecule has 0 bridgehead atoms. The minimum absolute atomic E-state index is 0.127. The van der Waals surface area contributed by atoms with E-state index in [0.29, 0.717) is 5.92 Å². The third-order valence-corrected chi connectivity index (χ3v) is 3.98. The Kier molecular flexibility index (Phi) is 3.79. The predicted octanol–water partition coefficient (Wildman–Crippen LogP) is 1.97. The second-order valence-electron chi connectivity index (χ2n) is 5.83. The van der Waals surface area contributed by atoms with E-state index in [4.69, 9.17) is 0 Å². The summed E-state index contributed by atoms with van der Waals surface area (Å²) in [6.07, 6.45) is 3.79. The first-order valence-corrected chi connectivity index (χ1v) is 7.46. The summed E-state index contributed by atoms with van der Waals surface area (Å²) in [5, 5.41) is 2.99. The van der Waals surface area contributed by atoms with Crippen LogP contribution in [0.25, 0.3) is 0 Å². The van der Waals surface area contributed by atoms with Gasteiger partial charge in [-0.05, 0) is 49.9 Å². The van der Waals surface area contributed by atoms with E-state index in [9.17, 15) is 9.59 Å². The molecule has 3 rings (SSSR count). The molecule has 2 aromatic heterocycles. The quantitative estimate of drug-likeness (QED) is 0.938. The Labute approximate surface area is 129 Å². The first kappa shape index (κ1) is 14.5. The normalized spacial score (nSPS) is 15.4. The molecule has 1 aliphatic rings. The van der Waals surface area contributed by atoms with Crippen LogP contribution in [0.2, 0.25) is 0 Å². The lowest BCUT2D eigenvalue weighted by molar-refractivity contribution is 0.0928. The molecule has 1 N–H and O–H groups in total. The third-order valence-electron chi connectivity index (χ3n) is 3.98. The van der Waals surface area contributed by atoms with E-state index in [1.165, 1.54) is 4.57 Å². The van der Waals surface area contributed by atoms with Crippen molar-refractivity contribution < 1.29 is 4.79 Å². The summed E-state index contributed by atoms with van der Waals surface area (Å²) >= 11 is 0. The smallest absolute Gasteiger partial charge is 0.263 e. The maximum atomic E-state index is 12.5. The molecule has 2 aromatic rings. The molecule has 114 valence electrons. The molecule has 2 heterocycles. The fourth-order valence-corrected chi connectivity index (χ4v) is 2.59. The molecule has 0 aliphatic heterocycles. The summed E-state index contributed by atoms with van der Waals surface area (Å²) < 4.78 is 1.41. The van der Waals surface area contributed by atoms with E-state index in [0.717, 1.165) is 24.2 Å². The monoisotopic (exact) mass is 297 g/mol. The zero-order chi connectivity index (χ0) is 15.7. The highest BCUT2D eigenvalue weighted by molar-refractivity contribution is 5.94. The van der Waals surface area contributed by atoms with Crippen molar-refractivity contribution in [3.63, 3.8) is 0 Å². The van der Waals surface area contributed by atoms with Crippen LogP contribution in [0, 0.1) is 12.8 Å². The van der Waals surface area contributed by atoms with Crippen molar-refractivity contribution in [1.82, 2.24) is 14.9 Å². The Morgan fingerprint density at radius 2 is 2.09 bits per heavy atom. The van der Waals surface area contributed by atoms with Crippen LogP contribution < -0.4 is 10.9 Å². The van der Waals surface area contributed by atoms with E-state index in [2.05, 4.69) is 10.3 Å². The molecule has 0 spiro atoms. The fraction of sp³-hybridized carbons (Fsp3) is 0.353. The number of hydrogen-bond donors (Lipinski definition) is 1. The lowest BCUT2D eigenvalue weighted by atomic mass is 10.1. The SMILES string of the molecule is Cc1cccc([C@@H](NC(=O)c2cccn(C)c2=O)C2CC2)n1. The molecule has 0 aromatic carbocycles. The molecular formula is C17H19N3O2. The minimum Gasteiger partial charge on any atom is -0.343 e. The van der Waals surface area contributed by atoms with Crippen molar-refractivity contribution in [2.24, 2.45) is 13.0 Å². The van der Waals surface area contributed by atoms with E-state index in [1.54, 1.807) is 25.4 Å². The molecule has 1 fully saturated rings. The average molecular weight is 297 g/mol. The maximum Gasteiger partial charge on any atom is 0.263 e. The maximum absolute atomic E-state index is 12.5. The Morgan fingerprint density at radius 1 is 1.32 bits per heavy atom. The van der Waals surface area contributed by atoms with Crippen molar-refractivity contribution in [2.45, 2.75) is 25.8 Å². The highest BCUT2D eigenvalue weighted by Crippen LogP contribution is 2.40. The number of rotatable bonds is 4. The Balaban J connectivity index is 1.87. The van der Waals surface area contributed by atoms with Crippen LogP contribution in [-0.4, -0.2) is 15.5 Å². The lowest BCUT2D eigenvalue weighted by Crippen LogP contribution is -2.35. The Hall–Kier alpha value is -2.43. The van der Waals surface area contributed by atoms with Crippen molar-refractivity contribution in [2.75, 3.05) is 0 Å². The number of pyridine rings is 2. The average Bonchev–Trinajstić information content (AvgIpc) is 3.32. The number of nitrogens with zero attached hydrogens (tertiary/aromatic N) is 2. The number of aromatic nitrogens is 2. The number of carbonyl (C=O) groups is 1. The standard InChI is InChI=1S/C17H19N3O2/c1-11-5-3-7-14(18-11)15(12-8-9-12)19-16(21)13-6-4-10-20(2)17(13)22/h3-7,10,12,15H,8-9H2,1-2H3,(H,19,21)/t15-/m0/s1. The number of nitrogens with one attached hydrogen (secondary N) is 1. The van der Waals surface area contributed by atoms with Gasteiger partial charge in [-0.1, -0.05) is 6.07 Å². The fourth-order valence-electron chi connectivity index (χ4n) is 2.59. The topological polar surface area (TPSA) is 64.0 Å². The number of carbonyl (C=O) groups excluding carboxylic acids is 1. The molecule has 1 saturated carbocycles. The van der Waals surface area contributed by atoms with Gasteiger partial charge in [0.25, 0.3) is 11.5 Å². The van der Waals surface area contributed by atoms with Gasteiger partial charge >= 0.3 is 0 Å². The molecular weight excluding hydrogens is 278 g/mol. The van der Waals surface area contributed by atoms with E-state index in [-0.39, 0.29) is 23.1 Å². The highest BCUT2D eigenvalue weighted by atomic mass is 16.2. The highest BCUT2D eigenvalue weighted by Gasteiger charge is 2.34. The van der Waals surface area contributed by atoms with Gasteiger partial charge in [-0.3, -0.25) is 14.6 Å². The van der Waals surface area contributed by atoms with E-state index >= 15 is 0 Å². The zero-order valence-corrected chi connectivity index (χ0v) is 12.7. The lowest BCUT2D eigenvalue weighted by Gasteiger charge is -2.18. The van der Waals surface area contributed by atoms with Gasteiger partial charge < -0.3 is 9.88 Å². The summed E-state index contributed by atoms with van der Waals surface area (Å²) in [5.74, 6) is 0.0761. The number of aryl methyl sites for hydroxylation is 2. The second-order valence-corrected chi connectivity index (χ2v) is 5.83. The van der Waals surface area contributed by atoms with Gasteiger partial charge in [0, 0.05) is 18.9 Å². The summed E-state index contributed by atoms with van der Waals surface area (Å²) in [4.78, 5) is 29.0. The zero-order valence-electron chi connectivity index (χ0n) is 12.7. The molecule has 5 nitrogen and oxygen atoms in total. The van der Waals surface area contributed by atoms with Crippen molar-refractivity contribution in [1.29, 1.82) is 0 Å². The minimum atomic E-state index is -0.332. The predicted molar refractivity (Wildman–Crippen MR) is 83.6 cm³/mol. The Morgan fingerprint density at radius 3 is 2.77 bits per heavy atom. The van der Waals surface area contributed by atoms with E-state index < -0.39 is 0 Å². The van der Waals surface area contributed by atoms with Gasteiger partial charge in [0.05, 0.1) is 11.7 Å². The Bertz CT molecular complexity index is 762. The van der Waals surface area contributed by atoms with Gasteiger partial charge in [0.2, 0.25) is 0 Å². The van der Waals surface area contributed by atoms with Crippen LogP contribution in [0.1, 0.15) is 40.6 Å². The summed E-state index contributed by atoms with van der Waals surface area (Å²) in [7, 11) is 1.64. The van der Waals surface area contributed by atoms with Gasteiger partial charge in [-0.15, -0.1) is 0 Å². The molecule has 0 radical (unpaired) electrons. The van der Waals surface area contributed by atoms with Gasteiger partial charge in [0.15, 0.2) is 0 Å². The molecule has 0 unspecified atom stereocenters. The van der Waals surface area contributed by atoms with Crippen molar-refractivity contribution in [3.05, 3.63) is 63.8 Å². The second kappa shape index (κ2) is 5.75. The van der Waals surface area contributed by atoms with Gasteiger partial charge in [-0.2, -0.15) is 0 Å². The summed E-state index contributed by atoms with van der Waals surface area (Å²) in [5.41, 5.74) is 1.67. The van der Waals surface area contributed by atoms with Gasteiger partial charge in [-0.25, -0.2) is 0 Å². The summed E-state index contributed by atoms with van der Waals surface area (Å²) in [6, 6.07) is 8.94. The molecule has 1 atom stereocenters. The third kappa shape index (κ3) is 2.93. The van der Waals surface area contributed by atoms with Crippen molar-refractivity contribution in [3.8, 4) is 0 Å². The van der Waals surface area contributed by atoms with Gasteiger partial charge in [0.1, 0.15) is 5.56 Å². The number of hydrogen-bond acceptors (Lipinski definition) is 3. The molecule has 22 heavy (non-hydrogen) atoms. The van der Waals surface area contributed by atoms with Crippen molar-refractivity contribution >= 4 is 5.91 Å². The number of amides is 1. The van der Waals surface area contributed by atoms with Crippen LogP contribution in [0.15, 0.2) is 41.3 Å². The van der Waals surface area contributed by atoms with Crippen LogP contribution >= 0.6 is 0 Å². The van der Waals surface area contributed by atoms with Crippen LogP contribution in [0.3, 0.4) is 0 Å². The first-order valence-electron chi connectivity index (χ1n) is 7.46.